The number of nitrogens with one attached hydrogen (secondary N) is 1. The van der Waals surface area contributed by atoms with Gasteiger partial charge in [0.05, 0.1) is 6.54 Å². The summed E-state index contributed by atoms with van der Waals surface area (Å²) >= 11 is 0. The number of hydrogen-bond donors (Lipinski definition) is 1. The first-order valence-electron chi connectivity index (χ1n) is 3.37. The Labute approximate surface area is 65.0 Å². The summed E-state index contributed by atoms with van der Waals surface area (Å²) in [5.74, 6) is -0.600. The molecule has 0 bridgehead atoms. The van der Waals surface area contributed by atoms with Gasteiger partial charge in [-0.1, -0.05) is 6.92 Å². The highest BCUT2D eigenvalue weighted by atomic mass is 16.2. The smallest absolute Gasteiger partial charge is 0.223 e. The van der Waals surface area contributed by atoms with E-state index in [4.69, 9.17) is 0 Å². The van der Waals surface area contributed by atoms with Gasteiger partial charge in [0.2, 0.25) is 5.91 Å². The summed E-state index contributed by atoms with van der Waals surface area (Å²) in [5.41, 5.74) is 0. The lowest BCUT2D eigenvalue weighted by atomic mass is 10.1. The van der Waals surface area contributed by atoms with E-state index in [1.807, 2.05) is 0 Å². The zero-order valence-corrected chi connectivity index (χ0v) is 6.37. The second kappa shape index (κ2) is 5.58. The first-order chi connectivity index (χ1) is 5.22. The molecule has 0 aliphatic rings. The van der Waals surface area contributed by atoms with E-state index in [0.29, 0.717) is 12.6 Å². The highest BCUT2D eigenvalue weighted by Gasteiger charge is 2.10. The van der Waals surface area contributed by atoms with Crippen molar-refractivity contribution >= 4 is 18.5 Å². The van der Waals surface area contributed by atoms with Gasteiger partial charge in [0.1, 0.15) is 12.6 Å². The molecule has 11 heavy (non-hydrogen) atoms. The van der Waals surface area contributed by atoms with E-state index < -0.39 is 0 Å². The van der Waals surface area contributed by atoms with E-state index in [-0.39, 0.29) is 24.8 Å². The summed E-state index contributed by atoms with van der Waals surface area (Å²) in [4.78, 5) is 30.6. The van der Waals surface area contributed by atoms with Gasteiger partial charge in [0.25, 0.3) is 0 Å². The molecular formula is C7H11NO3. The number of aldehydes is 2. The summed E-state index contributed by atoms with van der Waals surface area (Å²) in [6.45, 7) is 1.65. The van der Waals surface area contributed by atoms with Crippen molar-refractivity contribution in [2.75, 3.05) is 6.54 Å². The first-order valence-corrected chi connectivity index (χ1v) is 3.37. The fourth-order valence-electron chi connectivity index (χ4n) is 0.568. The molecule has 4 nitrogen and oxygen atoms in total. The molecule has 4 heteroatoms. The molecular weight excluding hydrogens is 146 g/mol. The third kappa shape index (κ3) is 4.25. The topological polar surface area (TPSA) is 63.2 Å². The molecule has 0 aliphatic carbocycles. The second-order valence-electron chi connectivity index (χ2n) is 2.22. The average Bonchev–Trinajstić information content (AvgIpc) is 2.00. The maximum absolute atomic E-state index is 10.9. The summed E-state index contributed by atoms with van der Waals surface area (Å²) in [5, 5.41) is 2.35. The lowest BCUT2D eigenvalue weighted by molar-refractivity contribution is -0.127. The Hall–Kier alpha value is -1.19. The van der Waals surface area contributed by atoms with Crippen molar-refractivity contribution < 1.29 is 14.4 Å². The highest BCUT2D eigenvalue weighted by molar-refractivity contribution is 5.82. The number of rotatable bonds is 5. The fraction of sp³-hybridized carbons (Fsp3) is 0.571. The van der Waals surface area contributed by atoms with Crippen molar-refractivity contribution in [1.29, 1.82) is 0 Å². The van der Waals surface area contributed by atoms with Crippen LogP contribution in [0.25, 0.3) is 0 Å². The van der Waals surface area contributed by atoms with Crippen molar-refractivity contribution in [3.8, 4) is 0 Å². The molecule has 0 heterocycles. The number of amides is 1. The summed E-state index contributed by atoms with van der Waals surface area (Å²) in [6, 6.07) is 0. The van der Waals surface area contributed by atoms with Crippen molar-refractivity contribution in [2.45, 2.75) is 13.3 Å². The summed E-state index contributed by atoms with van der Waals surface area (Å²) < 4.78 is 0. The van der Waals surface area contributed by atoms with Crippen molar-refractivity contribution in [1.82, 2.24) is 5.32 Å². The molecule has 1 atom stereocenters. The monoisotopic (exact) mass is 157 g/mol. The highest BCUT2D eigenvalue weighted by Crippen LogP contribution is 1.97. The maximum Gasteiger partial charge on any atom is 0.223 e. The van der Waals surface area contributed by atoms with Gasteiger partial charge in [-0.3, -0.25) is 4.79 Å². The Balaban J connectivity index is 3.62. The average molecular weight is 157 g/mol. The molecule has 0 aromatic carbocycles. The molecule has 1 unspecified atom stereocenters. The molecule has 0 saturated heterocycles. The predicted octanol–water partition coefficient (Wildman–Crippen LogP) is -0.473. The summed E-state index contributed by atoms with van der Waals surface area (Å²) in [6.07, 6.45) is 1.49. The van der Waals surface area contributed by atoms with Gasteiger partial charge in [-0.05, 0) is 0 Å². The van der Waals surface area contributed by atoms with Gasteiger partial charge >= 0.3 is 0 Å². The van der Waals surface area contributed by atoms with E-state index in [2.05, 4.69) is 5.32 Å². The van der Waals surface area contributed by atoms with Gasteiger partial charge in [0, 0.05) is 12.3 Å². The molecule has 0 rings (SSSR count). The van der Waals surface area contributed by atoms with E-state index in [1.54, 1.807) is 6.92 Å². The Morgan fingerprint density at radius 1 is 1.45 bits per heavy atom. The Kier molecular flexibility index (Phi) is 4.98. The van der Waals surface area contributed by atoms with Gasteiger partial charge in [-0.15, -0.1) is 0 Å². The van der Waals surface area contributed by atoms with Gasteiger partial charge < -0.3 is 14.9 Å². The fourth-order valence-corrected chi connectivity index (χ4v) is 0.568. The number of hydrogen-bond acceptors (Lipinski definition) is 3. The standard InChI is InChI=1S/C7H11NO3/c1-6(2-4-9)7(11)8-3-5-10/h4-6H,2-3H2,1H3,(H,8,11). The van der Waals surface area contributed by atoms with Crippen molar-refractivity contribution in [3.63, 3.8) is 0 Å². The van der Waals surface area contributed by atoms with E-state index in [0.717, 1.165) is 0 Å². The Morgan fingerprint density at radius 3 is 2.55 bits per heavy atom. The van der Waals surface area contributed by atoms with Crippen LogP contribution in [0, 0.1) is 5.92 Å². The second-order valence-corrected chi connectivity index (χ2v) is 2.22. The van der Waals surface area contributed by atoms with Crippen LogP contribution < -0.4 is 5.32 Å². The van der Waals surface area contributed by atoms with E-state index in [1.165, 1.54) is 0 Å². The quantitative estimate of drug-likeness (QED) is 0.548. The van der Waals surface area contributed by atoms with Crippen LogP contribution in [0.4, 0.5) is 0 Å². The van der Waals surface area contributed by atoms with E-state index >= 15 is 0 Å². The molecule has 0 aliphatic heterocycles. The van der Waals surface area contributed by atoms with Crippen molar-refractivity contribution in [2.24, 2.45) is 5.92 Å². The van der Waals surface area contributed by atoms with Crippen LogP contribution in [0.1, 0.15) is 13.3 Å². The van der Waals surface area contributed by atoms with Crippen LogP contribution in [0.15, 0.2) is 0 Å². The zero-order chi connectivity index (χ0) is 8.69. The zero-order valence-electron chi connectivity index (χ0n) is 6.37. The first kappa shape index (κ1) is 9.81. The van der Waals surface area contributed by atoms with Gasteiger partial charge in [-0.2, -0.15) is 0 Å². The minimum Gasteiger partial charge on any atom is -0.349 e. The van der Waals surface area contributed by atoms with Crippen LogP contribution in [-0.4, -0.2) is 25.0 Å². The normalized spacial score (nSPS) is 11.7. The third-order valence-corrected chi connectivity index (χ3v) is 1.26. The van der Waals surface area contributed by atoms with Gasteiger partial charge in [0.15, 0.2) is 0 Å². The maximum atomic E-state index is 10.9. The summed E-state index contributed by atoms with van der Waals surface area (Å²) in [7, 11) is 0. The molecule has 0 spiro atoms. The number of carbonyl (C=O) groups excluding carboxylic acids is 3. The molecule has 1 amide bonds. The largest absolute Gasteiger partial charge is 0.349 e. The molecule has 0 fully saturated rings. The Morgan fingerprint density at radius 2 is 2.09 bits per heavy atom. The minimum atomic E-state index is -0.340. The molecule has 0 aromatic rings. The molecule has 62 valence electrons. The van der Waals surface area contributed by atoms with Gasteiger partial charge in [-0.25, -0.2) is 0 Å². The molecule has 0 radical (unpaired) electrons. The van der Waals surface area contributed by atoms with Crippen LogP contribution in [0.3, 0.4) is 0 Å². The minimum absolute atomic E-state index is 0.0159. The van der Waals surface area contributed by atoms with Crippen LogP contribution in [0.5, 0.6) is 0 Å². The molecule has 0 saturated carbocycles. The number of carbonyl (C=O) groups is 3. The van der Waals surface area contributed by atoms with Crippen LogP contribution >= 0.6 is 0 Å². The van der Waals surface area contributed by atoms with Crippen LogP contribution in [0.2, 0.25) is 0 Å². The molecule has 1 N–H and O–H groups in total. The Bertz CT molecular complexity index is 156. The lowest BCUT2D eigenvalue weighted by Crippen LogP contribution is -2.30. The lowest BCUT2D eigenvalue weighted by Gasteiger charge is -2.05. The SMILES string of the molecule is CC(CC=O)C(=O)NCC=O. The third-order valence-electron chi connectivity index (χ3n) is 1.26. The van der Waals surface area contributed by atoms with Crippen molar-refractivity contribution in [3.05, 3.63) is 0 Å². The molecule has 0 aromatic heterocycles. The van der Waals surface area contributed by atoms with Crippen LogP contribution in [-0.2, 0) is 14.4 Å². The van der Waals surface area contributed by atoms with E-state index in [9.17, 15) is 14.4 Å². The predicted molar refractivity (Wildman–Crippen MR) is 38.9 cm³/mol.